The molecule has 0 fully saturated rings. The molecule has 0 unspecified atom stereocenters. The highest BCUT2D eigenvalue weighted by Crippen LogP contribution is 2.19. The van der Waals surface area contributed by atoms with Gasteiger partial charge in [0.2, 0.25) is 0 Å². The maximum atomic E-state index is 2.36. The van der Waals surface area contributed by atoms with Crippen LogP contribution < -0.4 is 0 Å². The van der Waals surface area contributed by atoms with Crippen LogP contribution in [0.1, 0.15) is 41.0 Å². The zero-order valence-electron chi connectivity index (χ0n) is 8.55. The molecular weight excluding hydrogens is 152 g/mol. The number of hydrogen-bond acceptors (Lipinski definition) is 1. The van der Waals surface area contributed by atoms with Gasteiger partial charge in [-0.2, -0.15) is 11.8 Å². The highest BCUT2D eigenvalue weighted by atomic mass is 32.2. The minimum absolute atomic E-state index is 0.796. The van der Waals surface area contributed by atoms with Crippen LogP contribution in [0.3, 0.4) is 0 Å². The standard InChI is InChI=1S/C10H22S/c1-8(2)6-10(5)7-11-9(3)4/h8-10H,6-7H2,1-5H3/t10-/m0/s1. The van der Waals surface area contributed by atoms with Gasteiger partial charge in [0, 0.05) is 0 Å². The van der Waals surface area contributed by atoms with E-state index in [1.54, 1.807) is 0 Å². The fourth-order valence-electron chi connectivity index (χ4n) is 1.23. The Hall–Kier alpha value is 0.350. The van der Waals surface area contributed by atoms with Crippen LogP contribution >= 0.6 is 11.8 Å². The molecule has 0 aromatic heterocycles. The summed E-state index contributed by atoms with van der Waals surface area (Å²) in [5.41, 5.74) is 0. The van der Waals surface area contributed by atoms with Crippen molar-refractivity contribution in [3.63, 3.8) is 0 Å². The second-order valence-electron chi connectivity index (χ2n) is 4.12. The van der Waals surface area contributed by atoms with Gasteiger partial charge >= 0.3 is 0 Å². The fraction of sp³-hybridized carbons (Fsp3) is 1.00. The summed E-state index contributed by atoms with van der Waals surface area (Å²) in [5.74, 6) is 3.08. The van der Waals surface area contributed by atoms with Crippen LogP contribution in [-0.2, 0) is 0 Å². The van der Waals surface area contributed by atoms with E-state index in [4.69, 9.17) is 0 Å². The van der Waals surface area contributed by atoms with Gasteiger partial charge in [-0.1, -0.05) is 34.6 Å². The minimum Gasteiger partial charge on any atom is -0.159 e. The van der Waals surface area contributed by atoms with Crippen molar-refractivity contribution in [2.45, 2.75) is 46.3 Å². The smallest absolute Gasteiger partial charge is 0.000958 e. The Morgan fingerprint density at radius 1 is 1.00 bits per heavy atom. The summed E-state index contributed by atoms with van der Waals surface area (Å²) in [7, 11) is 0. The van der Waals surface area contributed by atoms with Crippen molar-refractivity contribution in [2.24, 2.45) is 11.8 Å². The zero-order valence-corrected chi connectivity index (χ0v) is 9.37. The van der Waals surface area contributed by atoms with Gasteiger partial charge in [0.1, 0.15) is 0 Å². The summed E-state index contributed by atoms with van der Waals surface area (Å²) in [4.78, 5) is 0. The first kappa shape index (κ1) is 11.4. The SMILES string of the molecule is CC(C)C[C@H](C)CSC(C)C. The van der Waals surface area contributed by atoms with Gasteiger partial charge in [-0.15, -0.1) is 0 Å². The Morgan fingerprint density at radius 3 is 1.91 bits per heavy atom. The third-order valence-corrected chi connectivity index (χ3v) is 3.02. The van der Waals surface area contributed by atoms with Crippen LogP contribution in [0, 0.1) is 11.8 Å². The van der Waals surface area contributed by atoms with Crippen molar-refractivity contribution in [2.75, 3.05) is 5.75 Å². The van der Waals surface area contributed by atoms with Crippen molar-refractivity contribution in [1.29, 1.82) is 0 Å². The Kier molecular flexibility index (Phi) is 6.12. The molecule has 0 aromatic carbocycles. The van der Waals surface area contributed by atoms with Crippen molar-refractivity contribution < 1.29 is 0 Å². The predicted octanol–water partition coefficient (Wildman–Crippen LogP) is 3.81. The molecule has 0 aliphatic rings. The molecule has 0 nitrogen and oxygen atoms in total. The van der Waals surface area contributed by atoms with E-state index in [1.165, 1.54) is 12.2 Å². The van der Waals surface area contributed by atoms with Crippen molar-refractivity contribution in [3.8, 4) is 0 Å². The average molecular weight is 174 g/mol. The van der Waals surface area contributed by atoms with E-state index in [0.29, 0.717) is 0 Å². The van der Waals surface area contributed by atoms with Crippen LogP contribution in [0.2, 0.25) is 0 Å². The van der Waals surface area contributed by atoms with Gasteiger partial charge in [0.25, 0.3) is 0 Å². The predicted molar refractivity (Wildman–Crippen MR) is 56.2 cm³/mol. The fourth-order valence-corrected chi connectivity index (χ4v) is 2.08. The molecule has 0 rings (SSSR count). The van der Waals surface area contributed by atoms with Crippen molar-refractivity contribution in [3.05, 3.63) is 0 Å². The number of rotatable bonds is 5. The van der Waals surface area contributed by atoms with Crippen molar-refractivity contribution >= 4 is 11.8 Å². The molecule has 0 aromatic rings. The van der Waals surface area contributed by atoms with Crippen LogP contribution in [0.15, 0.2) is 0 Å². The Morgan fingerprint density at radius 2 is 1.55 bits per heavy atom. The molecule has 1 atom stereocenters. The number of hydrogen-bond donors (Lipinski definition) is 0. The third kappa shape index (κ3) is 8.25. The monoisotopic (exact) mass is 174 g/mol. The van der Waals surface area contributed by atoms with E-state index in [2.05, 4.69) is 46.4 Å². The van der Waals surface area contributed by atoms with E-state index in [-0.39, 0.29) is 0 Å². The quantitative estimate of drug-likeness (QED) is 0.611. The van der Waals surface area contributed by atoms with Crippen LogP contribution in [0.25, 0.3) is 0 Å². The Bertz CT molecular complexity index is 86.9. The van der Waals surface area contributed by atoms with E-state index in [1.807, 2.05) is 0 Å². The lowest BCUT2D eigenvalue weighted by atomic mass is 10.0. The lowest BCUT2D eigenvalue weighted by Crippen LogP contribution is -2.04. The lowest BCUT2D eigenvalue weighted by molar-refractivity contribution is 0.474. The lowest BCUT2D eigenvalue weighted by Gasteiger charge is -2.14. The first-order chi connectivity index (χ1) is 5.02. The van der Waals surface area contributed by atoms with Crippen LogP contribution in [0.5, 0.6) is 0 Å². The van der Waals surface area contributed by atoms with Crippen molar-refractivity contribution in [1.82, 2.24) is 0 Å². The molecule has 0 aliphatic carbocycles. The Labute approximate surface area is 76.1 Å². The van der Waals surface area contributed by atoms with Crippen LogP contribution in [0.4, 0.5) is 0 Å². The second-order valence-corrected chi connectivity index (χ2v) is 5.73. The molecule has 0 radical (unpaired) electrons. The summed E-state index contributed by atoms with van der Waals surface area (Å²) in [6.45, 7) is 11.5. The summed E-state index contributed by atoms with van der Waals surface area (Å²) < 4.78 is 0. The van der Waals surface area contributed by atoms with Crippen LogP contribution in [-0.4, -0.2) is 11.0 Å². The summed E-state index contributed by atoms with van der Waals surface area (Å²) >= 11 is 2.08. The maximum absolute atomic E-state index is 2.36. The molecular formula is C10H22S. The molecule has 68 valence electrons. The summed E-state index contributed by atoms with van der Waals surface area (Å²) in [5, 5.41) is 0.796. The molecule has 0 spiro atoms. The van der Waals surface area contributed by atoms with Gasteiger partial charge in [-0.25, -0.2) is 0 Å². The first-order valence-corrected chi connectivity index (χ1v) is 5.68. The molecule has 0 saturated carbocycles. The summed E-state index contributed by atoms with van der Waals surface area (Å²) in [6, 6.07) is 0. The highest BCUT2D eigenvalue weighted by Gasteiger charge is 2.05. The molecule has 0 amide bonds. The largest absolute Gasteiger partial charge is 0.159 e. The molecule has 1 heteroatoms. The van der Waals surface area contributed by atoms with Gasteiger partial charge in [0.15, 0.2) is 0 Å². The van der Waals surface area contributed by atoms with E-state index in [0.717, 1.165) is 17.1 Å². The van der Waals surface area contributed by atoms with Gasteiger partial charge < -0.3 is 0 Å². The first-order valence-electron chi connectivity index (χ1n) is 4.64. The highest BCUT2D eigenvalue weighted by molar-refractivity contribution is 7.99. The second kappa shape index (κ2) is 5.93. The van der Waals surface area contributed by atoms with E-state index >= 15 is 0 Å². The average Bonchev–Trinajstić information content (AvgIpc) is 1.82. The molecule has 0 heterocycles. The molecule has 0 bridgehead atoms. The van der Waals surface area contributed by atoms with E-state index < -0.39 is 0 Å². The zero-order chi connectivity index (χ0) is 8.85. The maximum Gasteiger partial charge on any atom is -0.000958 e. The molecule has 0 N–H and O–H groups in total. The minimum atomic E-state index is 0.796. The molecule has 0 aliphatic heterocycles. The van der Waals surface area contributed by atoms with E-state index in [9.17, 15) is 0 Å². The normalized spacial score (nSPS) is 14.5. The Balaban J connectivity index is 3.29. The number of thioether (sulfide) groups is 1. The van der Waals surface area contributed by atoms with Gasteiger partial charge in [0.05, 0.1) is 0 Å². The van der Waals surface area contributed by atoms with Gasteiger partial charge in [-0.05, 0) is 29.3 Å². The third-order valence-electron chi connectivity index (χ3n) is 1.59. The van der Waals surface area contributed by atoms with Gasteiger partial charge in [-0.3, -0.25) is 0 Å². The molecule has 11 heavy (non-hydrogen) atoms. The molecule has 0 saturated heterocycles. The summed E-state index contributed by atoms with van der Waals surface area (Å²) in [6.07, 6.45) is 1.37. The topological polar surface area (TPSA) is 0 Å².